The van der Waals surface area contributed by atoms with Gasteiger partial charge in [-0.2, -0.15) is 0 Å². The molecule has 3 N–H and O–H groups in total. The topological polar surface area (TPSA) is 55.1 Å². The zero-order valence-corrected chi connectivity index (χ0v) is 12.7. The lowest BCUT2D eigenvalue weighted by Gasteiger charge is -2.28. The lowest BCUT2D eigenvalue weighted by molar-refractivity contribution is 0.0921. The normalized spacial score (nSPS) is 21.2. The van der Waals surface area contributed by atoms with Crippen molar-refractivity contribution in [3.63, 3.8) is 0 Å². The van der Waals surface area contributed by atoms with Gasteiger partial charge in [0.25, 0.3) is 5.91 Å². The highest BCUT2D eigenvalue weighted by Crippen LogP contribution is 2.26. The second-order valence-corrected chi connectivity index (χ2v) is 5.68. The summed E-state index contributed by atoms with van der Waals surface area (Å²) in [6, 6.07) is 7.72. The maximum atomic E-state index is 12.2. The summed E-state index contributed by atoms with van der Waals surface area (Å²) in [5, 5.41) is 3.15. The maximum absolute atomic E-state index is 12.2. The molecule has 1 aromatic rings. The number of benzene rings is 1. The molecule has 0 atom stereocenters. The van der Waals surface area contributed by atoms with E-state index in [1.165, 1.54) is 19.3 Å². The molecule has 21 heavy (non-hydrogen) atoms. The summed E-state index contributed by atoms with van der Waals surface area (Å²) in [5.41, 5.74) is 6.93. The predicted octanol–water partition coefficient (Wildman–Crippen LogP) is 2.70. The van der Waals surface area contributed by atoms with Gasteiger partial charge in [-0.1, -0.05) is 25.2 Å². The van der Waals surface area contributed by atoms with Crippen LogP contribution in [0.15, 0.2) is 24.3 Å². The quantitative estimate of drug-likeness (QED) is 0.839. The van der Waals surface area contributed by atoms with Crippen molar-refractivity contribution in [2.24, 2.45) is 11.7 Å². The van der Waals surface area contributed by atoms with Crippen LogP contribution in [-0.4, -0.2) is 18.5 Å². The molecular weight excluding hydrogens is 260 g/mol. The van der Waals surface area contributed by atoms with Gasteiger partial charge in [0.1, 0.15) is 0 Å². The van der Waals surface area contributed by atoms with Crippen molar-refractivity contribution in [1.29, 1.82) is 0 Å². The van der Waals surface area contributed by atoms with Gasteiger partial charge in [0.2, 0.25) is 0 Å². The van der Waals surface area contributed by atoms with Crippen molar-refractivity contribution in [2.45, 2.75) is 45.1 Å². The van der Waals surface area contributed by atoms with Gasteiger partial charge in [0.05, 0.1) is 6.54 Å². The van der Waals surface area contributed by atoms with Gasteiger partial charge in [-0.3, -0.25) is 4.79 Å². The summed E-state index contributed by atoms with van der Waals surface area (Å²) in [6.45, 7) is 2.60. The zero-order valence-electron chi connectivity index (χ0n) is 12.7. The Hall–Kier alpha value is -1.79. The summed E-state index contributed by atoms with van der Waals surface area (Å²) in [7, 11) is 0. The Kier molecular flexibility index (Phi) is 5.83. The molecular formula is C18H24N2O. The van der Waals surface area contributed by atoms with Gasteiger partial charge >= 0.3 is 0 Å². The van der Waals surface area contributed by atoms with Crippen LogP contribution < -0.4 is 11.1 Å². The van der Waals surface area contributed by atoms with Gasteiger partial charge in [-0.25, -0.2) is 0 Å². The molecule has 112 valence electrons. The van der Waals surface area contributed by atoms with Crippen LogP contribution in [0.1, 0.15) is 54.9 Å². The molecule has 1 amide bonds. The van der Waals surface area contributed by atoms with E-state index in [0.29, 0.717) is 18.2 Å². The first-order chi connectivity index (χ1) is 10.2. The van der Waals surface area contributed by atoms with E-state index in [4.69, 9.17) is 5.73 Å². The highest BCUT2D eigenvalue weighted by Gasteiger charge is 2.21. The van der Waals surface area contributed by atoms with Crippen LogP contribution in [0, 0.1) is 17.8 Å². The van der Waals surface area contributed by atoms with Crippen LogP contribution in [0.25, 0.3) is 0 Å². The fourth-order valence-electron chi connectivity index (χ4n) is 2.84. The second kappa shape index (κ2) is 7.85. The van der Waals surface area contributed by atoms with E-state index >= 15 is 0 Å². The van der Waals surface area contributed by atoms with E-state index < -0.39 is 0 Å². The third-order valence-corrected chi connectivity index (χ3v) is 4.24. The van der Waals surface area contributed by atoms with Crippen molar-refractivity contribution in [3.8, 4) is 11.8 Å². The molecule has 2 rings (SSSR count). The largest absolute Gasteiger partial charge is 0.349 e. The SMILES string of the molecule is CCC1CCC(NC(=O)c2ccc(C#CCN)cc2)CC1. The molecule has 0 spiro atoms. The monoisotopic (exact) mass is 284 g/mol. The van der Waals surface area contributed by atoms with Gasteiger partial charge < -0.3 is 11.1 Å². The number of hydrogen-bond donors (Lipinski definition) is 2. The van der Waals surface area contributed by atoms with Gasteiger partial charge in [0.15, 0.2) is 0 Å². The van der Waals surface area contributed by atoms with Crippen LogP contribution in [0.2, 0.25) is 0 Å². The highest BCUT2D eigenvalue weighted by atomic mass is 16.1. The van der Waals surface area contributed by atoms with Gasteiger partial charge in [-0.05, 0) is 55.9 Å². The smallest absolute Gasteiger partial charge is 0.251 e. The van der Waals surface area contributed by atoms with Crippen molar-refractivity contribution in [2.75, 3.05) is 6.54 Å². The summed E-state index contributed by atoms with van der Waals surface area (Å²) in [5.74, 6) is 6.63. The highest BCUT2D eigenvalue weighted by molar-refractivity contribution is 5.94. The Balaban J connectivity index is 1.88. The fraction of sp³-hybridized carbons (Fsp3) is 0.500. The molecule has 1 aromatic carbocycles. The van der Waals surface area contributed by atoms with Gasteiger partial charge in [0, 0.05) is 17.2 Å². The third-order valence-electron chi connectivity index (χ3n) is 4.24. The molecule has 3 heteroatoms. The minimum atomic E-state index is 0.0216. The number of rotatable bonds is 3. The Labute approximate surface area is 127 Å². The van der Waals surface area contributed by atoms with E-state index in [9.17, 15) is 4.79 Å². The summed E-state index contributed by atoms with van der Waals surface area (Å²) >= 11 is 0. The van der Waals surface area contributed by atoms with E-state index in [-0.39, 0.29) is 5.91 Å². The van der Waals surface area contributed by atoms with Crippen molar-refractivity contribution in [3.05, 3.63) is 35.4 Å². The number of carbonyl (C=O) groups excluding carboxylic acids is 1. The zero-order chi connectivity index (χ0) is 15.1. The van der Waals surface area contributed by atoms with Crippen molar-refractivity contribution >= 4 is 5.91 Å². The minimum absolute atomic E-state index is 0.0216. The van der Waals surface area contributed by atoms with Gasteiger partial charge in [-0.15, -0.1) is 0 Å². The summed E-state index contributed by atoms with van der Waals surface area (Å²) in [6.07, 6.45) is 5.92. The molecule has 0 saturated heterocycles. The van der Waals surface area contributed by atoms with Crippen LogP contribution in [0.4, 0.5) is 0 Å². The number of amides is 1. The molecule has 1 aliphatic rings. The Morgan fingerprint density at radius 3 is 2.48 bits per heavy atom. The molecule has 0 heterocycles. The third kappa shape index (κ3) is 4.61. The molecule has 3 nitrogen and oxygen atoms in total. The van der Waals surface area contributed by atoms with Crippen molar-refractivity contribution in [1.82, 2.24) is 5.32 Å². The maximum Gasteiger partial charge on any atom is 0.251 e. The number of nitrogens with one attached hydrogen (secondary N) is 1. The van der Waals surface area contributed by atoms with E-state index in [2.05, 4.69) is 24.1 Å². The Bertz CT molecular complexity index is 516. The molecule has 0 radical (unpaired) electrons. The fourth-order valence-corrected chi connectivity index (χ4v) is 2.84. The minimum Gasteiger partial charge on any atom is -0.349 e. The van der Waals surface area contributed by atoms with Crippen LogP contribution in [-0.2, 0) is 0 Å². The van der Waals surface area contributed by atoms with E-state index in [1.807, 2.05) is 24.3 Å². The average molecular weight is 284 g/mol. The van der Waals surface area contributed by atoms with Crippen LogP contribution in [0.3, 0.4) is 0 Å². The summed E-state index contributed by atoms with van der Waals surface area (Å²) < 4.78 is 0. The molecule has 0 bridgehead atoms. The first-order valence-electron chi connectivity index (χ1n) is 7.82. The molecule has 0 aromatic heterocycles. The van der Waals surface area contributed by atoms with Crippen LogP contribution in [0.5, 0.6) is 0 Å². The number of nitrogens with two attached hydrogens (primary N) is 1. The number of hydrogen-bond acceptors (Lipinski definition) is 2. The second-order valence-electron chi connectivity index (χ2n) is 5.68. The van der Waals surface area contributed by atoms with Crippen molar-refractivity contribution < 1.29 is 4.79 Å². The van der Waals surface area contributed by atoms with E-state index in [1.54, 1.807) is 0 Å². The number of carbonyl (C=O) groups is 1. The lowest BCUT2D eigenvalue weighted by atomic mass is 9.84. The molecule has 1 saturated carbocycles. The molecule has 0 unspecified atom stereocenters. The molecule has 1 fully saturated rings. The molecule has 0 aliphatic heterocycles. The Morgan fingerprint density at radius 1 is 1.24 bits per heavy atom. The van der Waals surface area contributed by atoms with Crippen LogP contribution >= 0.6 is 0 Å². The van der Waals surface area contributed by atoms with E-state index in [0.717, 1.165) is 24.3 Å². The predicted molar refractivity (Wildman–Crippen MR) is 85.9 cm³/mol. The average Bonchev–Trinajstić information content (AvgIpc) is 2.54. The lowest BCUT2D eigenvalue weighted by Crippen LogP contribution is -2.37. The Morgan fingerprint density at radius 2 is 1.90 bits per heavy atom. The summed E-state index contributed by atoms with van der Waals surface area (Å²) in [4.78, 5) is 12.2. The molecule has 1 aliphatic carbocycles. The standard InChI is InChI=1S/C18H24N2O/c1-2-14-7-11-17(12-8-14)20-18(21)16-9-5-15(6-10-16)4-3-13-19/h5-6,9-10,14,17H,2,7-8,11-13,19H2,1H3,(H,20,21). The first kappa shape index (κ1) is 15.6. The first-order valence-corrected chi connectivity index (χ1v) is 7.82.